The topological polar surface area (TPSA) is 150 Å². The van der Waals surface area contributed by atoms with Crippen LogP contribution in [-0.2, 0) is 22.4 Å². The SMILES string of the molecule is COC(=O)N[C@H](C(=O)N[C@@H](Cc1ccc(-c2ccncc2)cc1)C[C@@H](O)[C@H](Cc1ccccc1)NC(=O)O)C(C)(C)C. The third kappa shape index (κ3) is 9.88. The molecule has 1 aromatic heterocycles. The molecule has 10 heteroatoms. The Hall–Kier alpha value is -4.44. The van der Waals surface area contributed by atoms with Crippen LogP contribution in [0.25, 0.3) is 11.1 Å². The molecule has 0 bridgehead atoms. The number of carbonyl (C=O) groups is 3. The van der Waals surface area contributed by atoms with Crippen LogP contribution in [-0.4, -0.2) is 64.6 Å². The molecule has 3 rings (SSSR count). The number of benzene rings is 2. The monoisotopic (exact) mass is 576 g/mol. The Kier molecular flexibility index (Phi) is 11.4. The maximum Gasteiger partial charge on any atom is 0.407 e. The van der Waals surface area contributed by atoms with E-state index in [-0.39, 0.29) is 12.8 Å². The number of carboxylic acid groups (broad SMARTS) is 1. The smallest absolute Gasteiger partial charge is 0.407 e. The summed E-state index contributed by atoms with van der Waals surface area (Å²) in [6.45, 7) is 5.46. The van der Waals surface area contributed by atoms with Crippen LogP contribution >= 0.6 is 0 Å². The molecule has 0 aliphatic rings. The Balaban J connectivity index is 1.85. The van der Waals surface area contributed by atoms with E-state index in [1.807, 2.05) is 87.5 Å². The summed E-state index contributed by atoms with van der Waals surface area (Å²) in [4.78, 5) is 41.2. The molecule has 3 amide bonds. The molecule has 4 atom stereocenters. The summed E-state index contributed by atoms with van der Waals surface area (Å²) >= 11 is 0. The van der Waals surface area contributed by atoms with Gasteiger partial charge in [-0.1, -0.05) is 75.4 Å². The molecule has 0 aliphatic heterocycles. The van der Waals surface area contributed by atoms with Gasteiger partial charge in [-0.25, -0.2) is 9.59 Å². The number of amides is 3. The van der Waals surface area contributed by atoms with Crippen molar-refractivity contribution in [3.05, 3.63) is 90.3 Å². The summed E-state index contributed by atoms with van der Waals surface area (Å²) in [5.41, 5.74) is 3.14. The predicted octanol–water partition coefficient (Wildman–Crippen LogP) is 4.18. The molecule has 5 N–H and O–H groups in total. The molecule has 10 nitrogen and oxygen atoms in total. The maximum atomic E-state index is 13.5. The van der Waals surface area contributed by atoms with Gasteiger partial charge in [0.25, 0.3) is 0 Å². The molecular weight excluding hydrogens is 536 g/mol. The van der Waals surface area contributed by atoms with Crippen LogP contribution < -0.4 is 16.0 Å². The van der Waals surface area contributed by atoms with E-state index < -0.39 is 47.7 Å². The summed E-state index contributed by atoms with van der Waals surface area (Å²) < 4.78 is 4.73. The van der Waals surface area contributed by atoms with Gasteiger partial charge in [0.1, 0.15) is 6.04 Å². The second-order valence-electron chi connectivity index (χ2n) is 11.3. The number of carbonyl (C=O) groups excluding carboxylic acids is 2. The number of nitrogens with one attached hydrogen (secondary N) is 3. The van der Waals surface area contributed by atoms with Crippen LogP contribution in [0.15, 0.2) is 79.1 Å². The molecule has 0 saturated heterocycles. The van der Waals surface area contributed by atoms with Gasteiger partial charge in [-0.05, 0) is 59.1 Å². The van der Waals surface area contributed by atoms with Gasteiger partial charge in [0.05, 0.1) is 19.3 Å². The number of hydrogen-bond donors (Lipinski definition) is 5. The third-order valence-corrected chi connectivity index (χ3v) is 6.97. The zero-order chi connectivity index (χ0) is 30.7. The summed E-state index contributed by atoms with van der Waals surface area (Å²) in [5.74, 6) is -0.440. The molecule has 3 aromatic rings. The number of aromatic nitrogens is 1. The van der Waals surface area contributed by atoms with Gasteiger partial charge >= 0.3 is 12.2 Å². The van der Waals surface area contributed by atoms with Gasteiger partial charge < -0.3 is 30.9 Å². The fourth-order valence-electron chi connectivity index (χ4n) is 4.76. The number of methoxy groups -OCH3 is 1. The highest BCUT2D eigenvalue weighted by molar-refractivity contribution is 5.86. The summed E-state index contributed by atoms with van der Waals surface area (Å²) in [6.07, 6.45) is 1.03. The van der Waals surface area contributed by atoms with Crippen LogP contribution in [0.3, 0.4) is 0 Å². The molecule has 0 fully saturated rings. The average Bonchev–Trinajstić information content (AvgIpc) is 2.95. The van der Waals surface area contributed by atoms with Crippen LogP contribution in [0.4, 0.5) is 9.59 Å². The van der Waals surface area contributed by atoms with Crippen molar-refractivity contribution in [1.29, 1.82) is 0 Å². The lowest BCUT2D eigenvalue weighted by molar-refractivity contribution is -0.126. The zero-order valence-electron chi connectivity index (χ0n) is 24.4. The van der Waals surface area contributed by atoms with Crippen molar-refractivity contribution in [1.82, 2.24) is 20.9 Å². The minimum atomic E-state index is -1.25. The Morgan fingerprint density at radius 2 is 1.43 bits per heavy atom. The zero-order valence-corrected chi connectivity index (χ0v) is 24.4. The minimum absolute atomic E-state index is 0.0602. The Morgan fingerprint density at radius 3 is 2.00 bits per heavy atom. The van der Waals surface area contributed by atoms with E-state index in [1.54, 1.807) is 12.4 Å². The fraction of sp³-hybridized carbons (Fsp3) is 0.375. The first-order chi connectivity index (χ1) is 20.0. The van der Waals surface area contributed by atoms with Crippen molar-refractivity contribution < 1.29 is 29.3 Å². The van der Waals surface area contributed by atoms with E-state index in [0.717, 1.165) is 22.3 Å². The third-order valence-electron chi connectivity index (χ3n) is 6.97. The predicted molar refractivity (Wildman–Crippen MR) is 160 cm³/mol. The first kappa shape index (κ1) is 32.1. The highest BCUT2D eigenvalue weighted by Gasteiger charge is 2.35. The fourth-order valence-corrected chi connectivity index (χ4v) is 4.76. The second-order valence-corrected chi connectivity index (χ2v) is 11.3. The Bertz CT molecular complexity index is 1300. The van der Waals surface area contributed by atoms with Crippen LogP contribution in [0.5, 0.6) is 0 Å². The van der Waals surface area contributed by atoms with Crippen LogP contribution in [0.2, 0.25) is 0 Å². The van der Waals surface area contributed by atoms with Gasteiger partial charge in [0, 0.05) is 18.4 Å². The molecule has 2 aromatic carbocycles. The Morgan fingerprint density at radius 1 is 0.833 bits per heavy atom. The number of pyridine rings is 1. The average molecular weight is 577 g/mol. The van der Waals surface area contributed by atoms with Crippen molar-refractivity contribution in [2.75, 3.05) is 7.11 Å². The van der Waals surface area contributed by atoms with Crippen molar-refractivity contribution in [3.63, 3.8) is 0 Å². The number of aliphatic hydroxyl groups is 1. The number of aliphatic hydroxyl groups excluding tert-OH is 1. The highest BCUT2D eigenvalue weighted by Crippen LogP contribution is 2.22. The van der Waals surface area contributed by atoms with Crippen LogP contribution in [0.1, 0.15) is 38.3 Å². The van der Waals surface area contributed by atoms with Crippen molar-refractivity contribution in [3.8, 4) is 11.1 Å². The summed E-state index contributed by atoms with van der Waals surface area (Å²) in [5, 5.41) is 28.8. The van der Waals surface area contributed by atoms with Crippen molar-refractivity contribution in [2.24, 2.45) is 5.41 Å². The summed E-state index contributed by atoms with van der Waals surface area (Å²) in [7, 11) is 1.23. The quantitative estimate of drug-likeness (QED) is 0.217. The van der Waals surface area contributed by atoms with Crippen LogP contribution in [0, 0.1) is 5.41 Å². The molecular formula is C32H40N4O6. The number of nitrogens with zero attached hydrogens (tertiary/aromatic N) is 1. The normalized spacial score (nSPS) is 14.1. The van der Waals surface area contributed by atoms with Gasteiger partial charge in [-0.2, -0.15) is 0 Å². The molecule has 42 heavy (non-hydrogen) atoms. The van der Waals surface area contributed by atoms with E-state index in [1.165, 1.54) is 7.11 Å². The van der Waals surface area contributed by atoms with Gasteiger partial charge in [0.2, 0.25) is 5.91 Å². The van der Waals surface area contributed by atoms with E-state index in [9.17, 15) is 24.6 Å². The van der Waals surface area contributed by atoms with Gasteiger partial charge in [0.15, 0.2) is 0 Å². The molecule has 224 valence electrons. The second kappa shape index (κ2) is 15.0. The number of hydrogen-bond acceptors (Lipinski definition) is 6. The van der Waals surface area contributed by atoms with E-state index >= 15 is 0 Å². The first-order valence-corrected chi connectivity index (χ1v) is 13.8. The standard InChI is InChI=1S/C32H40N4O6/c1-32(2,3)28(36-31(41)42-4)29(38)34-25(18-22-10-12-23(13-11-22)24-14-16-33-17-15-24)20-27(37)26(35-30(39)40)19-21-8-6-5-7-9-21/h5-17,25-28,35,37H,18-20H2,1-4H3,(H,34,38)(H,36,41)(H,39,40)/t25-,26-,27+,28+/m0/s1. The number of ether oxygens (including phenoxy) is 1. The first-order valence-electron chi connectivity index (χ1n) is 13.8. The number of rotatable bonds is 12. The molecule has 0 unspecified atom stereocenters. The lowest BCUT2D eigenvalue weighted by atomic mass is 9.85. The molecule has 0 saturated carbocycles. The molecule has 0 aliphatic carbocycles. The Labute approximate surface area is 246 Å². The lowest BCUT2D eigenvalue weighted by Gasteiger charge is -2.33. The van der Waals surface area contributed by atoms with Gasteiger partial charge in [-0.3, -0.25) is 9.78 Å². The number of alkyl carbamates (subject to hydrolysis) is 1. The summed E-state index contributed by atoms with van der Waals surface area (Å²) in [6, 6.07) is 18.6. The maximum absolute atomic E-state index is 13.5. The van der Waals surface area contributed by atoms with E-state index in [4.69, 9.17) is 4.74 Å². The molecule has 1 heterocycles. The van der Waals surface area contributed by atoms with Crippen molar-refractivity contribution in [2.45, 2.75) is 64.3 Å². The molecule has 0 radical (unpaired) electrons. The van der Waals surface area contributed by atoms with Gasteiger partial charge in [-0.15, -0.1) is 0 Å². The minimum Gasteiger partial charge on any atom is -0.465 e. The molecule has 0 spiro atoms. The largest absolute Gasteiger partial charge is 0.465 e. The van der Waals surface area contributed by atoms with E-state index in [0.29, 0.717) is 6.42 Å². The lowest BCUT2D eigenvalue weighted by Crippen LogP contribution is -2.56. The van der Waals surface area contributed by atoms with Crippen molar-refractivity contribution >= 4 is 18.1 Å². The highest BCUT2D eigenvalue weighted by atomic mass is 16.5. The van der Waals surface area contributed by atoms with E-state index in [2.05, 4.69) is 20.9 Å².